The molecule has 0 N–H and O–H groups in total. The summed E-state index contributed by atoms with van der Waals surface area (Å²) in [7, 11) is 1.80. The first-order valence-electron chi connectivity index (χ1n) is 11.2. The number of aromatic nitrogens is 1. The van der Waals surface area contributed by atoms with Crippen molar-refractivity contribution in [3.8, 4) is 0 Å². The molecule has 1 atom stereocenters. The van der Waals surface area contributed by atoms with Gasteiger partial charge in [-0.15, -0.1) is 11.3 Å². The zero-order chi connectivity index (χ0) is 23.0. The Morgan fingerprint density at radius 1 is 1.19 bits per heavy atom. The quantitative estimate of drug-likeness (QED) is 0.642. The molecule has 1 aliphatic carbocycles. The van der Waals surface area contributed by atoms with E-state index in [0.29, 0.717) is 30.0 Å². The molecule has 0 spiro atoms. The zero-order valence-electron chi connectivity index (χ0n) is 18.7. The van der Waals surface area contributed by atoms with Gasteiger partial charge in [0.2, 0.25) is 5.91 Å². The van der Waals surface area contributed by atoms with Crippen LogP contribution in [0.15, 0.2) is 18.2 Å². The van der Waals surface area contributed by atoms with Crippen LogP contribution in [-0.4, -0.2) is 52.8 Å². The van der Waals surface area contributed by atoms with Gasteiger partial charge in [-0.1, -0.05) is 6.07 Å². The van der Waals surface area contributed by atoms with E-state index < -0.39 is 11.6 Å². The third-order valence-corrected chi connectivity index (χ3v) is 7.75. The highest BCUT2D eigenvalue weighted by Crippen LogP contribution is 2.34. The second-order valence-corrected chi connectivity index (χ2v) is 10.2. The molecule has 32 heavy (non-hydrogen) atoms. The predicted molar refractivity (Wildman–Crippen MR) is 120 cm³/mol. The van der Waals surface area contributed by atoms with Gasteiger partial charge in [-0.05, 0) is 63.5 Å². The number of halogens is 2. The fourth-order valence-corrected chi connectivity index (χ4v) is 5.56. The second kappa shape index (κ2) is 9.25. The molecular formula is C24H29F2N3O2S. The van der Waals surface area contributed by atoms with E-state index in [1.54, 1.807) is 11.9 Å². The Morgan fingerprint density at radius 2 is 1.88 bits per heavy atom. The molecule has 1 saturated carbocycles. The summed E-state index contributed by atoms with van der Waals surface area (Å²) in [6.07, 6.45) is 3.62. The van der Waals surface area contributed by atoms with Gasteiger partial charge in [0.1, 0.15) is 16.5 Å². The van der Waals surface area contributed by atoms with Crippen molar-refractivity contribution in [2.75, 3.05) is 20.1 Å². The van der Waals surface area contributed by atoms with Gasteiger partial charge < -0.3 is 9.80 Å². The SMILES string of the molecule is Cc1nc(C)c(C(=O)N2CCC(C(Cc3ccc(F)cc3F)N(C)C(=O)C3CC3)CC2)s1. The van der Waals surface area contributed by atoms with E-state index in [1.165, 1.54) is 23.5 Å². The molecule has 2 amide bonds. The summed E-state index contributed by atoms with van der Waals surface area (Å²) in [4.78, 5) is 34.5. The minimum absolute atomic E-state index is 0.00934. The van der Waals surface area contributed by atoms with Crippen LogP contribution in [0.1, 0.15) is 51.6 Å². The number of carbonyl (C=O) groups excluding carboxylic acids is 2. The lowest BCUT2D eigenvalue weighted by molar-refractivity contribution is -0.134. The van der Waals surface area contributed by atoms with Crippen LogP contribution in [0.25, 0.3) is 0 Å². The van der Waals surface area contributed by atoms with E-state index in [0.717, 1.165) is 42.5 Å². The number of thiazole rings is 1. The number of aryl methyl sites for hydroxylation is 2. The summed E-state index contributed by atoms with van der Waals surface area (Å²) in [6.45, 7) is 4.93. The highest BCUT2D eigenvalue weighted by Gasteiger charge is 2.38. The Labute approximate surface area is 191 Å². The number of amides is 2. The smallest absolute Gasteiger partial charge is 0.265 e. The van der Waals surface area contributed by atoms with Crippen molar-refractivity contribution in [1.29, 1.82) is 0 Å². The van der Waals surface area contributed by atoms with Crippen molar-refractivity contribution in [2.45, 2.75) is 52.0 Å². The largest absolute Gasteiger partial charge is 0.342 e. The molecule has 0 bridgehead atoms. The van der Waals surface area contributed by atoms with Crippen LogP contribution in [0.3, 0.4) is 0 Å². The van der Waals surface area contributed by atoms with Gasteiger partial charge in [-0.3, -0.25) is 9.59 Å². The average molecular weight is 462 g/mol. The lowest BCUT2D eigenvalue weighted by atomic mass is 9.84. The molecule has 2 aromatic rings. The summed E-state index contributed by atoms with van der Waals surface area (Å²) in [6, 6.07) is 3.45. The van der Waals surface area contributed by atoms with Crippen molar-refractivity contribution in [1.82, 2.24) is 14.8 Å². The van der Waals surface area contributed by atoms with E-state index in [-0.39, 0.29) is 29.7 Å². The average Bonchev–Trinajstić information content (AvgIpc) is 3.56. The molecule has 1 aliphatic heterocycles. The number of hydrogen-bond donors (Lipinski definition) is 0. The maximum Gasteiger partial charge on any atom is 0.265 e. The number of hydrogen-bond acceptors (Lipinski definition) is 4. The summed E-state index contributed by atoms with van der Waals surface area (Å²) >= 11 is 1.42. The fraction of sp³-hybridized carbons (Fsp3) is 0.542. The van der Waals surface area contributed by atoms with Crippen LogP contribution in [-0.2, 0) is 11.2 Å². The van der Waals surface area contributed by atoms with E-state index in [9.17, 15) is 18.4 Å². The Hall–Kier alpha value is -2.35. The van der Waals surface area contributed by atoms with Gasteiger partial charge in [0.05, 0.1) is 10.7 Å². The van der Waals surface area contributed by atoms with Gasteiger partial charge in [-0.2, -0.15) is 0 Å². The van der Waals surface area contributed by atoms with Crippen molar-refractivity contribution in [2.24, 2.45) is 11.8 Å². The first kappa shape index (κ1) is 22.8. The van der Waals surface area contributed by atoms with E-state index in [4.69, 9.17) is 0 Å². The highest BCUT2D eigenvalue weighted by molar-refractivity contribution is 7.13. The summed E-state index contributed by atoms with van der Waals surface area (Å²) in [5.41, 5.74) is 1.18. The number of piperidine rings is 1. The standard InChI is InChI=1S/C24H29F2N3O2S/c1-14-22(32-15(2)27-14)24(31)29-10-8-16(9-11-29)21(28(3)23(30)17-4-5-17)12-18-6-7-19(25)13-20(18)26/h6-7,13,16-17,21H,4-5,8-12H2,1-3H3. The molecule has 1 unspecified atom stereocenters. The van der Waals surface area contributed by atoms with Crippen LogP contribution in [0.2, 0.25) is 0 Å². The number of carbonyl (C=O) groups is 2. The predicted octanol–water partition coefficient (Wildman–Crippen LogP) is 4.37. The van der Waals surface area contributed by atoms with Crippen LogP contribution in [0.5, 0.6) is 0 Å². The van der Waals surface area contributed by atoms with E-state index >= 15 is 0 Å². The van der Waals surface area contributed by atoms with Crippen LogP contribution in [0.4, 0.5) is 8.78 Å². The normalized spacial score (nSPS) is 18.0. The summed E-state index contributed by atoms with van der Waals surface area (Å²) in [5.74, 6) is -0.862. The monoisotopic (exact) mass is 461 g/mol. The van der Waals surface area contributed by atoms with Gasteiger partial charge in [0.25, 0.3) is 5.91 Å². The summed E-state index contributed by atoms with van der Waals surface area (Å²) < 4.78 is 27.8. The lowest BCUT2D eigenvalue weighted by Gasteiger charge is -2.40. The lowest BCUT2D eigenvalue weighted by Crippen LogP contribution is -2.49. The summed E-state index contributed by atoms with van der Waals surface area (Å²) in [5, 5.41) is 0.877. The topological polar surface area (TPSA) is 53.5 Å². The molecule has 4 rings (SSSR count). The number of rotatable bonds is 6. The molecule has 0 radical (unpaired) electrons. The van der Waals surface area contributed by atoms with E-state index in [1.807, 2.05) is 18.7 Å². The Balaban J connectivity index is 1.48. The zero-order valence-corrected chi connectivity index (χ0v) is 19.6. The Morgan fingerprint density at radius 3 is 2.44 bits per heavy atom. The van der Waals surface area contributed by atoms with E-state index in [2.05, 4.69) is 4.98 Å². The van der Waals surface area contributed by atoms with Crippen molar-refractivity contribution in [3.63, 3.8) is 0 Å². The van der Waals surface area contributed by atoms with Crippen LogP contribution >= 0.6 is 11.3 Å². The Bertz CT molecular complexity index is 1010. The molecule has 2 heterocycles. The number of nitrogens with zero attached hydrogens (tertiary/aromatic N) is 3. The Kier molecular flexibility index (Phi) is 6.60. The van der Waals surface area contributed by atoms with Gasteiger partial charge in [0.15, 0.2) is 0 Å². The maximum atomic E-state index is 14.4. The number of benzene rings is 1. The highest BCUT2D eigenvalue weighted by atomic mass is 32.1. The van der Waals surface area contributed by atoms with Crippen molar-refractivity contribution >= 4 is 23.2 Å². The minimum atomic E-state index is -0.606. The molecule has 172 valence electrons. The number of likely N-dealkylation sites (tertiary alicyclic amines) is 1. The van der Waals surface area contributed by atoms with Gasteiger partial charge >= 0.3 is 0 Å². The fourth-order valence-electron chi connectivity index (χ4n) is 4.67. The molecule has 8 heteroatoms. The molecular weight excluding hydrogens is 432 g/mol. The molecule has 1 saturated heterocycles. The molecule has 2 aliphatic rings. The second-order valence-electron chi connectivity index (χ2n) is 9.01. The third-order valence-electron chi connectivity index (χ3n) is 6.68. The van der Waals surface area contributed by atoms with Gasteiger partial charge in [-0.25, -0.2) is 13.8 Å². The van der Waals surface area contributed by atoms with Gasteiger partial charge in [0, 0.05) is 38.2 Å². The van der Waals surface area contributed by atoms with Crippen LogP contribution < -0.4 is 0 Å². The molecule has 2 fully saturated rings. The van der Waals surface area contributed by atoms with Crippen molar-refractivity contribution < 1.29 is 18.4 Å². The first-order valence-corrected chi connectivity index (χ1v) is 12.0. The molecule has 1 aromatic carbocycles. The molecule has 1 aromatic heterocycles. The van der Waals surface area contributed by atoms with Crippen molar-refractivity contribution in [3.05, 3.63) is 51.0 Å². The third kappa shape index (κ3) is 4.85. The molecule has 5 nitrogen and oxygen atoms in total. The maximum absolute atomic E-state index is 14.4. The number of likely N-dealkylation sites (N-methyl/N-ethyl adjacent to an activating group) is 1. The minimum Gasteiger partial charge on any atom is -0.342 e. The first-order chi connectivity index (χ1) is 15.2. The van der Waals surface area contributed by atoms with Crippen LogP contribution in [0, 0.1) is 37.3 Å².